The molecule has 0 radical (unpaired) electrons. The lowest BCUT2D eigenvalue weighted by Gasteiger charge is -2.38. The minimum absolute atomic E-state index is 0.0802. The van der Waals surface area contributed by atoms with Crippen molar-refractivity contribution in [2.75, 3.05) is 22.7 Å². The Balaban J connectivity index is 1.63. The number of anilines is 2. The van der Waals surface area contributed by atoms with Crippen LogP contribution in [0.2, 0.25) is 0 Å². The van der Waals surface area contributed by atoms with Crippen LogP contribution < -0.4 is 19.7 Å². The predicted octanol–water partition coefficient (Wildman–Crippen LogP) is 5.19. The topological polar surface area (TPSA) is 70.7 Å². The van der Waals surface area contributed by atoms with Crippen molar-refractivity contribution >= 4 is 32.7 Å². The second-order valence-electron chi connectivity index (χ2n) is 8.83. The van der Waals surface area contributed by atoms with Crippen LogP contribution in [0.25, 0.3) is 10.4 Å². The molecule has 0 bridgehead atoms. The van der Waals surface area contributed by atoms with Crippen LogP contribution in [0.5, 0.6) is 5.75 Å². The Labute approximate surface area is 200 Å². The number of sulfonamides is 1. The SMILES string of the molecule is CC(C)Oc1ccc(N2C[C@@H](C)N[C@@H](C)C2)cc1NS(=O)(=O)c1ccc(-c2cccs2)cc1. The van der Waals surface area contributed by atoms with E-state index in [2.05, 4.69) is 28.8 Å². The second-order valence-corrected chi connectivity index (χ2v) is 11.5. The molecule has 0 amide bonds. The molecule has 2 aromatic carbocycles. The lowest BCUT2D eigenvalue weighted by Crippen LogP contribution is -2.54. The van der Waals surface area contributed by atoms with Crippen molar-refractivity contribution in [2.45, 2.75) is 50.8 Å². The summed E-state index contributed by atoms with van der Waals surface area (Å²) in [5, 5.41) is 5.53. The van der Waals surface area contributed by atoms with Gasteiger partial charge in [-0.15, -0.1) is 11.3 Å². The lowest BCUT2D eigenvalue weighted by molar-refractivity contribution is 0.244. The van der Waals surface area contributed by atoms with Crippen molar-refractivity contribution in [3.63, 3.8) is 0 Å². The van der Waals surface area contributed by atoms with Gasteiger partial charge in [0.25, 0.3) is 10.0 Å². The van der Waals surface area contributed by atoms with Gasteiger partial charge in [-0.05, 0) is 75.0 Å². The molecule has 1 aliphatic heterocycles. The van der Waals surface area contributed by atoms with Crippen molar-refractivity contribution in [1.29, 1.82) is 0 Å². The highest BCUT2D eigenvalue weighted by molar-refractivity contribution is 7.92. The standard InChI is InChI=1S/C25H31N3O3S2/c1-17(2)31-24-12-9-21(28-15-18(3)26-19(4)16-28)14-23(24)27-33(29,30)22-10-7-20(8-11-22)25-6-5-13-32-25/h5-14,17-19,26-27H,15-16H2,1-4H3/t18-,19+. The van der Waals surface area contributed by atoms with Crippen LogP contribution >= 0.6 is 11.3 Å². The van der Waals surface area contributed by atoms with E-state index in [1.54, 1.807) is 23.5 Å². The van der Waals surface area contributed by atoms with Crippen LogP contribution in [0.4, 0.5) is 11.4 Å². The molecule has 176 valence electrons. The van der Waals surface area contributed by atoms with Gasteiger partial charge < -0.3 is 15.0 Å². The summed E-state index contributed by atoms with van der Waals surface area (Å²) in [5.41, 5.74) is 2.41. The van der Waals surface area contributed by atoms with E-state index in [9.17, 15) is 8.42 Å². The number of piperazine rings is 1. The number of rotatable bonds is 7. The summed E-state index contributed by atoms with van der Waals surface area (Å²) >= 11 is 1.62. The third kappa shape index (κ3) is 5.69. The normalized spacial score (nSPS) is 19.0. The molecule has 1 saturated heterocycles. The quantitative estimate of drug-likeness (QED) is 0.482. The number of nitrogens with one attached hydrogen (secondary N) is 2. The molecule has 3 aromatic rings. The zero-order valence-corrected chi connectivity index (χ0v) is 21.0. The van der Waals surface area contributed by atoms with E-state index in [4.69, 9.17) is 4.74 Å². The Kier molecular flexibility index (Phi) is 6.97. The maximum atomic E-state index is 13.2. The van der Waals surface area contributed by atoms with Crippen molar-refractivity contribution in [2.24, 2.45) is 0 Å². The molecular weight excluding hydrogens is 454 g/mol. The molecule has 1 aromatic heterocycles. The molecule has 1 fully saturated rings. The number of hydrogen-bond donors (Lipinski definition) is 2. The monoisotopic (exact) mass is 485 g/mol. The van der Waals surface area contributed by atoms with Crippen molar-refractivity contribution in [3.8, 4) is 16.2 Å². The van der Waals surface area contributed by atoms with Crippen molar-refractivity contribution in [3.05, 3.63) is 60.0 Å². The summed E-state index contributed by atoms with van der Waals surface area (Å²) in [6, 6.07) is 17.4. The molecule has 0 unspecified atom stereocenters. The number of nitrogens with zero attached hydrogens (tertiary/aromatic N) is 1. The summed E-state index contributed by atoms with van der Waals surface area (Å²) in [4.78, 5) is 3.60. The Morgan fingerprint density at radius 3 is 2.36 bits per heavy atom. The van der Waals surface area contributed by atoms with Crippen LogP contribution in [0.1, 0.15) is 27.7 Å². The molecular formula is C25H31N3O3S2. The van der Waals surface area contributed by atoms with Crippen LogP contribution in [0.15, 0.2) is 64.9 Å². The zero-order valence-electron chi connectivity index (χ0n) is 19.4. The van der Waals surface area contributed by atoms with Gasteiger partial charge in [-0.1, -0.05) is 18.2 Å². The highest BCUT2D eigenvalue weighted by Crippen LogP contribution is 2.34. The van der Waals surface area contributed by atoms with Gasteiger partial charge in [0.2, 0.25) is 0 Å². The van der Waals surface area contributed by atoms with Gasteiger partial charge in [0.15, 0.2) is 0 Å². The van der Waals surface area contributed by atoms with Crippen LogP contribution in [0, 0.1) is 0 Å². The van der Waals surface area contributed by atoms with Gasteiger partial charge in [0.05, 0.1) is 16.7 Å². The Morgan fingerprint density at radius 2 is 1.76 bits per heavy atom. The molecule has 2 heterocycles. The van der Waals surface area contributed by atoms with Gasteiger partial charge in [-0.25, -0.2) is 8.42 Å². The Morgan fingerprint density at radius 1 is 1.06 bits per heavy atom. The molecule has 33 heavy (non-hydrogen) atoms. The smallest absolute Gasteiger partial charge is 0.262 e. The van der Waals surface area contributed by atoms with Crippen molar-refractivity contribution in [1.82, 2.24) is 5.32 Å². The largest absolute Gasteiger partial charge is 0.489 e. The third-order valence-corrected chi connectivity index (χ3v) is 7.76. The molecule has 8 heteroatoms. The van der Waals surface area contributed by atoms with Crippen LogP contribution in [-0.2, 0) is 10.0 Å². The second kappa shape index (κ2) is 9.75. The van der Waals surface area contributed by atoms with Gasteiger partial charge in [-0.3, -0.25) is 4.72 Å². The fourth-order valence-electron chi connectivity index (χ4n) is 4.13. The highest BCUT2D eigenvalue weighted by atomic mass is 32.2. The zero-order chi connectivity index (χ0) is 23.6. The molecule has 6 nitrogen and oxygen atoms in total. The molecule has 0 aliphatic carbocycles. The first-order valence-corrected chi connectivity index (χ1v) is 13.6. The fourth-order valence-corrected chi connectivity index (χ4v) is 5.93. The van der Waals surface area contributed by atoms with Gasteiger partial charge >= 0.3 is 0 Å². The first-order valence-electron chi connectivity index (χ1n) is 11.2. The number of hydrogen-bond acceptors (Lipinski definition) is 6. The average molecular weight is 486 g/mol. The first kappa shape index (κ1) is 23.6. The average Bonchev–Trinajstić information content (AvgIpc) is 3.29. The van der Waals surface area contributed by atoms with E-state index in [0.29, 0.717) is 23.5 Å². The predicted molar refractivity (Wildman–Crippen MR) is 137 cm³/mol. The van der Waals surface area contributed by atoms with Gasteiger partial charge in [0.1, 0.15) is 5.75 Å². The van der Waals surface area contributed by atoms with E-state index < -0.39 is 10.0 Å². The maximum absolute atomic E-state index is 13.2. The van der Waals surface area contributed by atoms with Crippen LogP contribution in [0.3, 0.4) is 0 Å². The number of thiophene rings is 1. The molecule has 2 N–H and O–H groups in total. The summed E-state index contributed by atoms with van der Waals surface area (Å²) in [6.07, 6.45) is -0.0802. The molecule has 2 atom stereocenters. The summed E-state index contributed by atoms with van der Waals surface area (Å²) in [7, 11) is -3.78. The fraction of sp³-hybridized carbons (Fsp3) is 0.360. The van der Waals surface area contributed by atoms with Gasteiger partial charge in [0, 0.05) is 35.7 Å². The van der Waals surface area contributed by atoms with Crippen molar-refractivity contribution < 1.29 is 13.2 Å². The lowest BCUT2D eigenvalue weighted by atomic mass is 10.1. The highest BCUT2D eigenvalue weighted by Gasteiger charge is 2.23. The summed E-state index contributed by atoms with van der Waals surface area (Å²) < 4.78 is 35.2. The molecule has 4 rings (SSSR count). The first-order chi connectivity index (χ1) is 15.7. The number of benzene rings is 2. The minimum atomic E-state index is -3.78. The maximum Gasteiger partial charge on any atom is 0.262 e. The van der Waals surface area contributed by atoms with Crippen LogP contribution in [-0.4, -0.2) is 39.7 Å². The van der Waals surface area contributed by atoms with Gasteiger partial charge in [-0.2, -0.15) is 0 Å². The molecule has 0 saturated carbocycles. The Bertz CT molecular complexity index is 1170. The number of ether oxygens (including phenoxy) is 1. The van der Waals surface area contributed by atoms with E-state index in [1.807, 2.05) is 61.7 Å². The van der Waals surface area contributed by atoms with E-state index in [-0.39, 0.29) is 11.0 Å². The summed E-state index contributed by atoms with van der Waals surface area (Å²) in [6.45, 7) is 9.87. The Hall–Kier alpha value is -2.55. The summed E-state index contributed by atoms with van der Waals surface area (Å²) in [5.74, 6) is 0.517. The minimum Gasteiger partial charge on any atom is -0.489 e. The van der Waals surface area contributed by atoms with E-state index in [0.717, 1.165) is 29.2 Å². The van der Waals surface area contributed by atoms with E-state index in [1.165, 1.54) is 0 Å². The third-order valence-electron chi connectivity index (χ3n) is 5.46. The van der Waals surface area contributed by atoms with E-state index >= 15 is 0 Å². The molecule has 1 aliphatic rings. The molecule has 0 spiro atoms.